The molecule has 0 spiro atoms. The fraction of sp³-hybridized carbons (Fsp3) is 0.538. The molecular weight excluding hydrogens is 290 g/mol. The molecule has 1 aromatic rings. The molecule has 0 amide bonds. The fourth-order valence-electron chi connectivity index (χ4n) is 2.15. The second-order valence-corrected chi connectivity index (χ2v) is 5.05. The highest BCUT2D eigenvalue weighted by molar-refractivity contribution is 5.65. The molecule has 3 N–H and O–H groups in total. The zero-order valence-corrected chi connectivity index (χ0v) is 12.7. The van der Waals surface area contributed by atoms with Gasteiger partial charge in [0.25, 0.3) is 11.4 Å². The number of nitro benzene ring substituents is 2. The third-order valence-corrected chi connectivity index (χ3v) is 3.17. The Kier molecular flexibility index (Phi) is 6.67. The quantitative estimate of drug-likeness (QED) is 0.523. The van der Waals surface area contributed by atoms with Gasteiger partial charge in [-0.2, -0.15) is 0 Å². The molecule has 1 rings (SSSR count). The van der Waals surface area contributed by atoms with E-state index < -0.39 is 9.85 Å². The molecule has 0 aliphatic heterocycles. The smallest absolute Gasteiger partial charge is 0.299 e. The Hall–Kier alpha value is -2.26. The molecule has 0 aliphatic carbocycles. The second kappa shape index (κ2) is 8.25. The molecule has 9 heteroatoms. The van der Waals surface area contributed by atoms with Gasteiger partial charge in [-0.25, -0.2) is 0 Å². The Labute approximate surface area is 128 Å². The molecule has 1 aromatic carbocycles. The predicted octanol–water partition coefficient (Wildman–Crippen LogP) is 1.58. The number of benzene rings is 1. The molecule has 0 bridgehead atoms. The van der Waals surface area contributed by atoms with Crippen molar-refractivity contribution < 1.29 is 9.85 Å². The maximum Gasteiger partial charge on any atom is 0.299 e. The van der Waals surface area contributed by atoms with Crippen LogP contribution in [0.4, 0.5) is 17.1 Å². The monoisotopic (exact) mass is 311 g/mol. The minimum atomic E-state index is -0.660. The van der Waals surface area contributed by atoms with Crippen molar-refractivity contribution >= 4 is 17.1 Å². The van der Waals surface area contributed by atoms with Crippen LogP contribution in [0.3, 0.4) is 0 Å². The van der Waals surface area contributed by atoms with Gasteiger partial charge in [0.1, 0.15) is 5.69 Å². The third kappa shape index (κ3) is 4.93. The number of non-ortho nitro benzene ring substituents is 1. The van der Waals surface area contributed by atoms with Crippen LogP contribution in [0.2, 0.25) is 0 Å². The molecule has 122 valence electrons. The topological polar surface area (TPSA) is 128 Å². The summed E-state index contributed by atoms with van der Waals surface area (Å²) in [5.41, 5.74) is 5.29. The summed E-state index contributed by atoms with van der Waals surface area (Å²) in [6, 6.07) is 3.35. The summed E-state index contributed by atoms with van der Waals surface area (Å²) in [4.78, 5) is 22.6. The average molecular weight is 311 g/mol. The zero-order chi connectivity index (χ0) is 16.7. The first kappa shape index (κ1) is 17.8. The van der Waals surface area contributed by atoms with E-state index in [1.807, 2.05) is 7.05 Å². The number of hydrogen-bond donors (Lipinski definition) is 2. The molecule has 1 atom stereocenters. The summed E-state index contributed by atoms with van der Waals surface area (Å²) in [7, 11) is 1.94. The molecule has 22 heavy (non-hydrogen) atoms. The molecule has 1 unspecified atom stereocenters. The minimum Gasteiger partial charge on any atom is -0.374 e. The average Bonchev–Trinajstić information content (AvgIpc) is 2.46. The maximum absolute atomic E-state index is 11.1. The number of nitrogens with one attached hydrogen (secondary N) is 1. The van der Waals surface area contributed by atoms with Crippen LogP contribution in [0, 0.1) is 20.2 Å². The SMILES string of the molecule is CCCN(C)CC(CN)Nc1ccc([N+](=O)[O-])cc1[N+](=O)[O-]. The van der Waals surface area contributed by atoms with E-state index in [0.717, 1.165) is 19.0 Å². The number of likely N-dealkylation sites (N-methyl/N-ethyl adjacent to an activating group) is 1. The van der Waals surface area contributed by atoms with Gasteiger partial charge in [-0.3, -0.25) is 20.2 Å². The van der Waals surface area contributed by atoms with Gasteiger partial charge in [-0.05, 0) is 26.1 Å². The standard InChI is InChI=1S/C13H21N5O4/c1-3-6-16(2)9-10(8-14)15-12-5-4-11(17(19)20)7-13(12)18(21)22/h4-5,7,10,15H,3,6,8-9,14H2,1-2H3. The Balaban J connectivity index is 2.94. The van der Waals surface area contributed by atoms with Crippen LogP contribution in [0.5, 0.6) is 0 Å². The van der Waals surface area contributed by atoms with Gasteiger partial charge < -0.3 is 16.0 Å². The Morgan fingerprint density at radius 3 is 2.50 bits per heavy atom. The first-order valence-corrected chi connectivity index (χ1v) is 6.97. The zero-order valence-electron chi connectivity index (χ0n) is 12.7. The highest BCUT2D eigenvalue weighted by atomic mass is 16.6. The third-order valence-electron chi connectivity index (χ3n) is 3.17. The summed E-state index contributed by atoms with van der Waals surface area (Å²) >= 11 is 0. The lowest BCUT2D eigenvalue weighted by molar-refractivity contribution is -0.393. The molecule has 9 nitrogen and oxygen atoms in total. The normalized spacial score (nSPS) is 12.2. The highest BCUT2D eigenvalue weighted by Gasteiger charge is 2.21. The summed E-state index contributed by atoms with van der Waals surface area (Å²) in [5, 5.41) is 24.8. The number of rotatable bonds is 9. The lowest BCUT2D eigenvalue weighted by atomic mass is 10.2. The second-order valence-electron chi connectivity index (χ2n) is 5.05. The molecular formula is C13H21N5O4. The first-order valence-electron chi connectivity index (χ1n) is 6.97. The van der Waals surface area contributed by atoms with E-state index in [2.05, 4.69) is 17.1 Å². The van der Waals surface area contributed by atoms with Gasteiger partial charge in [0.2, 0.25) is 0 Å². The van der Waals surface area contributed by atoms with Crippen molar-refractivity contribution in [2.24, 2.45) is 5.73 Å². The number of nitro groups is 2. The molecule has 0 aliphatic rings. The van der Waals surface area contributed by atoms with Crippen molar-refractivity contribution in [2.45, 2.75) is 19.4 Å². The number of anilines is 1. The van der Waals surface area contributed by atoms with E-state index in [1.54, 1.807) is 0 Å². The summed E-state index contributed by atoms with van der Waals surface area (Å²) in [6.07, 6.45) is 0.992. The van der Waals surface area contributed by atoms with E-state index in [9.17, 15) is 20.2 Å². The van der Waals surface area contributed by atoms with Crippen molar-refractivity contribution in [1.82, 2.24) is 4.90 Å². The van der Waals surface area contributed by atoms with E-state index in [-0.39, 0.29) is 23.1 Å². The van der Waals surface area contributed by atoms with E-state index in [0.29, 0.717) is 13.1 Å². The van der Waals surface area contributed by atoms with Gasteiger partial charge >= 0.3 is 0 Å². The van der Waals surface area contributed by atoms with Crippen molar-refractivity contribution in [1.29, 1.82) is 0 Å². The summed E-state index contributed by atoms with van der Waals surface area (Å²) in [6.45, 7) is 3.86. The van der Waals surface area contributed by atoms with Crippen molar-refractivity contribution in [2.75, 3.05) is 32.0 Å². The van der Waals surface area contributed by atoms with Crippen LogP contribution < -0.4 is 11.1 Å². The molecule has 0 saturated carbocycles. The lowest BCUT2D eigenvalue weighted by Gasteiger charge is -2.24. The minimum absolute atomic E-state index is 0.184. The highest BCUT2D eigenvalue weighted by Crippen LogP contribution is 2.29. The molecule has 0 fully saturated rings. The van der Waals surface area contributed by atoms with Crippen LogP contribution in [0.25, 0.3) is 0 Å². The number of nitrogens with zero attached hydrogens (tertiary/aromatic N) is 3. The van der Waals surface area contributed by atoms with Crippen molar-refractivity contribution in [3.63, 3.8) is 0 Å². The number of nitrogens with two attached hydrogens (primary N) is 1. The fourth-order valence-corrected chi connectivity index (χ4v) is 2.15. The molecule has 0 saturated heterocycles. The van der Waals surface area contributed by atoms with E-state index in [1.165, 1.54) is 12.1 Å². The first-order chi connectivity index (χ1) is 10.4. The van der Waals surface area contributed by atoms with Gasteiger partial charge in [0, 0.05) is 19.2 Å². The lowest BCUT2D eigenvalue weighted by Crippen LogP contribution is -2.40. The van der Waals surface area contributed by atoms with Crippen LogP contribution in [-0.4, -0.2) is 47.5 Å². The van der Waals surface area contributed by atoms with E-state index in [4.69, 9.17) is 5.73 Å². The summed E-state index contributed by atoms with van der Waals surface area (Å²) in [5.74, 6) is 0. The summed E-state index contributed by atoms with van der Waals surface area (Å²) < 4.78 is 0. The van der Waals surface area contributed by atoms with Crippen molar-refractivity contribution in [3.05, 3.63) is 38.4 Å². The van der Waals surface area contributed by atoms with Crippen molar-refractivity contribution in [3.8, 4) is 0 Å². The van der Waals surface area contributed by atoms with Gasteiger partial charge in [-0.15, -0.1) is 0 Å². The maximum atomic E-state index is 11.1. The van der Waals surface area contributed by atoms with Crippen LogP contribution in [-0.2, 0) is 0 Å². The van der Waals surface area contributed by atoms with Gasteiger partial charge in [-0.1, -0.05) is 6.92 Å². The van der Waals surface area contributed by atoms with Crippen LogP contribution in [0.1, 0.15) is 13.3 Å². The Morgan fingerprint density at radius 2 is 2.00 bits per heavy atom. The molecule has 0 aromatic heterocycles. The Bertz CT molecular complexity index is 537. The van der Waals surface area contributed by atoms with E-state index >= 15 is 0 Å². The predicted molar refractivity (Wildman–Crippen MR) is 84.0 cm³/mol. The van der Waals surface area contributed by atoms with Crippen LogP contribution in [0.15, 0.2) is 18.2 Å². The van der Waals surface area contributed by atoms with Crippen LogP contribution >= 0.6 is 0 Å². The molecule has 0 heterocycles. The number of hydrogen-bond acceptors (Lipinski definition) is 7. The van der Waals surface area contributed by atoms with Gasteiger partial charge in [0.15, 0.2) is 0 Å². The largest absolute Gasteiger partial charge is 0.374 e. The van der Waals surface area contributed by atoms with Gasteiger partial charge in [0.05, 0.1) is 22.0 Å². The molecule has 0 radical (unpaired) electrons. The Morgan fingerprint density at radius 1 is 1.32 bits per heavy atom.